The molecule has 3 rings (SSSR count). The van der Waals surface area contributed by atoms with Gasteiger partial charge in [-0.3, -0.25) is 10.4 Å². The highest BCUT2D eigenvalue weighted by Crippen LogP contribution is 2.20. The van der Waals surface area contributed by atoms with E-state index in [1.54, 1.807) is 24.4 Å². The van der Waals surface area contributed by atoms with E-state index in [9.17, 15) is 4.39 Å². The summed E-state index contributed by atoms with van der Waals surface area (Å²) in [4.78, 5) is 4.27. The molecule has 0 saturated heterocycles. The Morgan fingerprint density at radius 1 is 1.00 bits per heavy atom. The predicted molar refractivity (Wildman–Crippen MR) is 79.4 cm³/mol. The van der Waals surface area contributed by atoms with Gasteiger partial charge < -0.3 is 0 Å². The Balaban J connectivity index is 1.86. The number of halogens is 1. The van der Waals surface area contributed by atoms with E-state index in [0.717, 1.165) is 16.6 Å². The Bertz CT molecular complexity index is 763. The van der Waals surface area contributed by atoms with Crippen molar-refractivity contribution in [2.75, 3.05) is 5.43 Å². The molecule has 0 unspecified atom stereocenters. The Labute approximate surface area is 115 Å². The maximum absolute atomic E-state index is 13.4. The number of rotatable bonds is 3. The van der Waals surface area contributed by atoms with Crippen LogP contribution in [-0.4, -0.2) is 11.2 Å². The summed E-state index contributed by atoms with van der Waals surface area (Å²) in [6, 6.07) is 16.1. The lowest BCUT2D eigenvalue weighted by Gasteiger charge is -2.04. The fraction of sp³-hybridized carbons (Fsp3) is 0. The zero-order chi connectivity index (χ0) is 13.8. The summed E-state index contributed by atoms with van der Waals surface area (Å²) in [7, 11) is 0. The maximum atomic E-state index is 13.4. The molecule has 4 heteroatoms. The summed E-state index contributed by atoms with van der Waals surface area (Å²) in [6.07, 6.45) is 3.17. The molecule has 2 aromatic carbocycles. The van der Waals surface area contributed by atoms with Gasteiger partial charge in [0, 0.05) is 17.1 Å². The molecule has 0 spiro atoms. The first-order chi connectivity index (χ1) is 9.84. The Morgan fingerprint density at radius 2 is 1.80 bits per heavy atom. The van der Waals surface area contributed by atoms with Gasteiger partial charge in [0.05, 0.1) is 17.4 Å². The minimum Gasteiger partial charge on any atom is -0.278 e. The van der Waals surface area contributed by atoms with E-state index in [1.165, 1.54) is 12.3 Å². The van der Waals surface area contributed by atoms with Crippen LogP contribution >= 0.6 is 0 Å². The van der Waals surface area contributed by atoms with Crippen LogP contribution in [0.4, 0.5) is 10.1 Å². The van der Waals surface area contributed by atoms with Crippen LogP contribution in [-0.2, 0) is 0 Å². The molecule has 0 atom stereocenters. The van der Waals surface area contributed by atoms with Crippen LogP contribution < -0.4 is 5.43 Å². The number of anilines is 1. The molecule has 1 aromatic heterocycles. The number of hydrogen-bond acceptors (Lipinski definition) is 3. The summed E-state index contributed by atoms with van der Waals surface area (Å²) in [5.41, 5.74) is 5.09. The summed E-state index contributed by atoms with van der Waals surface area (Å²) >= 11 is 0. The van der Waals surface area contributed by atoms with Crippen molar-refractivity contribution in [1.29, 1.82) is 0 Å². The number of nitrogens with zero attached hydrogens (tertiary/aromatic N) is 2. The summed E-state index contributed by atoms with van der Waals surface area (Å²) in [5.74, 6) is -0.294. The minimum absolute atomic E-state index is 0.294. The normalized spacial score (nSPS) is 11.1. The van der Waals surface area contributed by atoms with Gasteiger partial charge in [-0.05, 0) is 18.2 Å². The van der Waals surface area contributed by atoms with Crippen LogP contribution in [0.15, 0.2) is 65.9 Å². The van der Waals surface area contributed by atoms with Crippen molar-refractivity contribution in [2.45, 2.75) is 0 Å². The van der Waals surface area contributed by atoms with Crippen LogP contribution in [0.5, 0.6) is 0 Å². The molecule has 0 saturated carbocycles. The van der Waals surface area contributed by atoms with Gasteiger partial charge in [-0.1, -0.05) is 36.4 Å². The fourth-order valence-electron chi connectivity index (χ4n) is 1.94. The standard InChI is InChI=1S/C16H12FN3/c17-14-7-3-1-5-12(14)11-19-20-16-9-10-18-15-8-4-2-6-13(15)16/h1-11H,(H,18,20)/b19-11+. The molecule has 3 nitrogen and oxygen atoms in total. The second-order valence-electron chi connectivity index (χ2n) is 4.27. The van der Waals surface area contributed by atoms with Crippen LogP contribution in [0.2, 0.25) is 0 Å². The number of hydrazone groups is 1. The van der Waals surface area contributed by atoms with Crippen molar-refractivity contribution < 1.29 is 4.39 Å². The molecule has 20 heavy (non-hydrogen) atoms. The zero-order valence-corrected chi connectivity index (χ0v) is 10.6. The molecule has 0 aliphatic rings. The highest BCUT2D eigenvalue weighted by molar-refractivity contribution is 5.91. The number of hydrogen-bond donors (Lipinski definition) is 1. The minimum atomic E-state index is -0.294. The van der Waals surface area contributed by atoms with Crippen LogP contribution in [0.3, 0.4) is 0 Å². The number of aromatic nitrogens is 1. The van der Waals surface area contributed by atoms with Gasteiger partial charge in [0.2, 0.25) is 0 Å². The smallest absolute Gasteiger partial charge is 0.132 e. The molecule has 1 heterocycles. The monoisotopic (exact) mass is 265 g/mol. The molecule has 0 amide bonds. The van der Waals surface area contributed by atoms with E-state index >= 15 is 0 Å². The van der Waals surface area contributed by atoms with E-state index in [0.29, 0.717) is 5.56 Å². The number of para-hydroxylation sites is 1. The summed E-state index contributed by atoms with van der Waals surface area (Å²) in [6.45, 7) is 0. The molecule has 98 valence electrons. The van der Waals surface area contributed by atoms with E-state index in [2.05, 4.69) is 15.5 Å². The van der Waals surface area contributed by atoms with Crippen LogP contribution in [0.25, 0.3) is 10.9 Å². The average Bonchev–Trinajstić information content (AvgIpc) is 2.49. The third-order valence-corrected chi connectivity index (χ3v) is 2.94. The molecule has 3 aromatic rings. The first kappa shape index (κ1) is 12.3. The number of benzene rings is 2. The molecular weight excluding hydrogens is 253 g/mol. The van der Waals surface area contributed by atoms with Crippen LogP contribution in [0.1, 0.15) is 5.56 Å². The lowest BCUT2D eigenvalue weighted by Crippen LogP contribution is -1.94. The van der Waals surface area contributed by atoms with E-state index in [1.807, 2.05) is 30.3 Å². The molecule has 0 fully saturated rings. The second kappa shape index (κ2) is 5.48. The van der Waals surface area contributed by atoms with Crippen molar-refractivity contribution >= 4 is 22.8 Å². The van der Waals surface area contributed by atoms with Crippen LogP contribution in [0, 0.1) is 5.82 Å². The molecule has 0 radical (unpaired) electrons. The van der Waals surface area contributed by atoms with Crippen molar-refractivity contribution in [3.05, 3.63) is 72.2 Å². The van der Waals surface area contributed by atoms with Crippen molar-refractivity contribution in [1.82, 2.24) is 4.98 Å². The molecule has 0 aliphatic heterocycles. The van der Waals surface area contributed by atoms with Gasteiger partial charge in [-0.2, -0.15) is 5.10 Å². The first-order valence-electron chi connectivity index (χ1n) is 6.22. The predicted octanol–water partition coefficient (Wildman–Crippen LogP) is 3.82. The third-order valence-electron chi connectivity index (χ3n) is 2.94. The number of fused-ring (bicyclic) bond motifs is 1. The summed E-state index contributed by atoms with van der Waals surface area (Å²) in [5, 5.41) is 5.05. The number of pyridine rings is 1. The highest BCUT2D eigenvalue weighted by Gasteiger charge is 2.00. The van der Waals surface area contributed by atoms with Gasteiger partial charge in [-0.15, -0.1) is 0 Å². The zero-order valence-electron chi connectivity index (χ0n) is 10.6. The topological polar surface area (TPSA) is 37.3 Å². The lowest BCUT2D eigenvalue weighted by molar-refractivity contribution is 0.626. The van der Waals surface area contributed by atoms with Gasteiger partial charge in [0.15, 0.2) is 0 Å². The Kier molecular flexibility index (Phi) is 3.37. The summed E-state index contributed by atoms with van der Waals surface area (Å²) < 4.78 is 13.4. The van der Waals surface area contributed by atoms with E-state index in [-0.39, 0.29) is 5.82 Å². The fourth-order valence-corrected chi connectivity index (χ4v) is 1.94. The highest BCUT2D eigenvalue weighted by atomic mass is 19.1. The molecular formula is C16H12FN3. The largest absolute Gasteiger partial charge is 0.278 e. The molecule has 0 aliphatic carbocycles. The third kappa shape index (κ3) is 2.49. The van der Waals surface area contributed by atoms with Gasteiger partial charge in [-0.25, -0.2) is 4.39 Å². The van der Waals surface area contributed by atoms with E-state index in [4.69, 9.17) is 0 Å². The Morgan fingerprint density at radius 3 is 2.70 bits per heavy atom. The average molecular weight is 265 g/mol. The SMILES string of the molecule is Fc1ccccc1/C=N/Nc1ccnc2ccccc12. The van der Waals surface area contributed by atoms with E-state index < -0.39 is 0 Å². The van der Waals surface area contributed by atoms with Crippen molar-refractivity contribution in [3.8, 4) is 0 Å². The van der Waals surface area contributed by atoms with Gasteiger partial charge in [0.25, 0.3) is 0 Å². The molecule has 1 N–H and O–H groups in total. The second-order valence-corrected chi connectivity index (χ2v) is 4.27. The lowest BCUT2D eigenvalue weighted by atomic mass is 10.2. The first-order valence-corrected chi connectivity index (χ1v) is 6.22. The quantitative estimate of drug-likeness (QED) is 0.577. The van der Waals surface area contributed by atoms with Gasteiger partial charge >= 0.3 is 0 Å². The maximum Gasteiger partial charge on any atom is 0.132 e. The van der Waals surface area contributed by atoms with Crippen molar-refractivity contribution in [3.63, 3.8) is 0 Å². The van der Waals surface area contributed by atoms with Crippen molar-refractivity contribution in [2.24, 2.45) is 5.10 Å². The van der Waals surface area contributed by atoms with Gasteiger partial charge in [0.1, 0.15) is 5.82 Å². The number of nitrogens with one attached hydrogen (secondary N) is 1. The Hall–Kier alpha value is -2.75. The molecule has 0 bridgehead atoms.